The van der Waals surface area contributed by atoms with Gasteiger partial charge in [-0.15, -0.1) is 0 Å². The fourth-order valence-electron chi connectivity index (χ4n) is 2.03. The molecule has 0 aromatic rings. The van der Waals surface area contributed by atoms with Crippen LogP contribution >= 0.6 is 0 Å². The van der Waals surface area contributed by atoms with Crippen molar-refractivity contribution in [3.63, 3.8) is 0 Å². The van der Waals surface area contributed by atoms with Crippen LogP contribution < -0.4 is 0 Å². The lowest BCUT2D eigenvalue weighted by Gasteiger charge is -2.13. The van der Waals surface area contributed by atoms with E-state index >= 15 is 0 Å². The van der Waals surface area contributed by atoms with Gasteiger partial charge in [-0.05, 0) is 24.7 Å². The summed E-state index contributed by atoms with van der Waals surface area (Å²) < 4.78 is 0. The van der Waals surface area contributed by atoms with Crippen molar-refractivity contribution < 1.29 is 5.11 Å². The largest absolute Gasteiger partial charge is 0.393 e. The third-order valence-electron chi connectivity index (χ3n) is 2.71. The summed E-state index contributed by atoms with van der Waals surface area (Å²) in [6, 6.07) is 0. The molecule has 3 unspecified atom stereocenters. The molecular weight excluding hydrogens is 124 g/mol. The fraction of sp³-hybridized carbons (Fsp3) is 0.889. The van der Waals surface area contributed by atoms with Crippen LogP contribution in [0.1, 0.15) is 32.6 Å². The van der Waals surface area contributed by atoms with Crippen molar-refractivity contribution in [1.82, 2.24) is 0 Å². The van der Waals surface area contributed by atoms with Crippen molar-refractivity contribution in [2.75, 3.05) is 0 Å². The zero-order valence-corrected chi connectivity index (χ0v) is 6.71. The Bertz CT molecular complexity index is 88.9. The predicted molar refractivity (Wildman–Crippen MR) is 42.5 cm³/mol. The lowest BCUT2D eigenvalue weighted by Crippen LogP contribution is -2.04. The first-order valence-corrected chi connectivity index (χ1v) is 4.25. The highest BCUT2D eigenvalue weighted by Crippen LogP contribution is 2.35. The summed E-state index contributed by atoms with van der Waals surface area (Å²) in [4.78, 5) is 0. The third-order valence-corrected chi connectivity index (χ3v) is 2.71. The number of hydrogen-bond donors (Lipinski definition) is 1. The minimum atomic E-state index is -0.0308. The molecule has 1 fully saturated rings. The number of hydrogen-bond acceptors (Lipinski definition) is 1. The summed E-state index contributed by atoms with van der Waals surface area (Å²) in [7, 11) is 0. The van der Waals surface area contributed by atoms with E-state index < -0.39 is 0 Å². The summed E-state index contributed by atoms with van der Waals surface area (Å²) in [6.45, 7) is 6.09. The molecule has 1 saturated carbocycles. The third kappa shape index (κ3) is 1.51. The zero-order valence-electron chi connectivity index (χ0n) is 6.71. The van der Waals surface area contributed by atoms with Gasteiger partial charge < -0.3 is 5.11 Å². The quantitative estimate of drug-likeness (QED) is 0.623. The van der Waals surface area contributed by atoms with Gasteiger partial charge in [-0.25, -0.2) is 0 Å². The highest BCUT2D eigenvalue weighted by atomic mass is 16.3. The van der Waals surface area contributed by atoms with E-state index in [-0.39, 0.29) is 6.10 Å². The van der Waals surface area contributed by atoms with Gasteiger partial charge in [0, 0.05) is 0 Å². The van der Waals surface area contributed by atoms with Gasteiger partial charge in [0.25, 0.3) is 0 Å². The highest BCUT2D eigenvalue weighted by molar-refractivity contribution is 4.82. The maximum absolute atomic E-state index is 9.30. The van der Waals surface area contributed by atoms with E-state index in [1.54, 1.807) is 0 Å². The minimum Gasteiger partial charge on any atom is -0.393 e. The first-order valence-electron chi connectivity index (χ1n) is 4.25. The predicted octanol–water partition coefficient (Wildman–Crippen LogP) is 2.01. The van der Waals surface area contributed by atoms with Gasteiger partial charge in [0.1, 0.15) is 0 Å². The Morgan fingerprint density at radius 1 is 1.40 bits per heavy atom. The average molecular weight is 141 g/mol. The van der Waals surface area contributed by atoms with E-state index in [0.29, 0.717) is 5.92 Å². The standard InChI is InChI=1S/C9H17O/c1-3-7-5-9(10)6-8(7)4-2/h7-10H,1,3-6H2,2H3. The van der Waals surface area contributed by atoms with Gasteiger partial charge in [-0.1, -0.05) is 26.7 Å². The van der Waals surface area contributed by atoms with Gasteiger partial charge in [-0.2, -0.15) is 0 Å². The van der Waals surface area contributed by atoms with Crippen LogP contribution in [0, 0.1) is 18.8 Å². The summed E-state index contributed by atoms with van der Waals surface area (Å²) in [5.41, 5.74) is 0. The van der Waals surface area contributed by atoms with Crippen LogP contribution in [0.3, 0.4) is 0 Å². The first kappa shape index (κ1) is 8.06. The summed E-state index contributed by atoms with van der Waals surface area (Å²) >= 11 is 0. The molecule has 1 aliphatic carbocycles. The van der Waals surface area contributed by atoms with Crippen molar-refractivity contribution >= 4 is 0 Å². The molecule has 0 amide bonds. The van der Waals surface area contributed by atoms with Gasteiger partial charge in [-0.3, -0.25) is 0 Å². The Balaban J connectivity index is 2.41. The van der Waals surface area contributed by atoms with Crippen LogP contribution in [0.5, 0.6) is 0 Å². The molecule has 1 aliphatic rings. The van der Waals surface area contributed by atoms with Crippen LogP contribution in [-0.4, -0.2) is 11.2 Å². The summed E-state index contributed by atoms with van der Waals surface area (Å²) in [5.74, 6) is 1.44. The molecule has 0 aromatic carbocycles. The lowest BCUT2D eigenvalue weighted by molar-refractivity contribution is 0.175. The molecule has 1 radical (unpaired) electrons. The Labute approximate surface area is 63.4 Å². The smallest absolute Gasteiger partial charge is 0.0545 e. The molecule has 0 heterocycles. The fourth-order valence-corrected chi connectivity index (χ4v) is 2.03. The van der Waals surface area contributed by atoms with Gasteiger partial charge in [0.15, 0.2) is 0 Å². The monoisotopic (exact) mass is 141 g/mol. The number of rotatable bonds is 2. The molecule has 0 saturated heterocycles. The highest BCUT2D eigenvalue weighted by Gasteiger charge is 2.30. The van der Waals surface area contributed by atoms with Crippen molar-refractivity contribution in [2.45, 2.75) is 38.7 Å². The van der Waals surface area contributed by atoms with E-state index in [4.69, 9.17) is 0 Å². The van der Waals surface area contributed by atoms with Crippen LogP contribution in [0.2, 0.25) is 0 Å². The van der Waals surface area contributed by atoms with Crippen LogP contribution in [0.15, 0.2) is 0 Å². The van der Waals surface area contributed by atoms with Crippen LogP contribution in [0.25, 0.3) is 0 Å². The molecule has 59 valence electrons. The average Bonchev–Trinajstić information content (AvgIpc) is 2.30. The Hall–Kier alpha value is -0.0400. The molecular formula is C9H17O. The van der Waals surface area contributed by atoms with Crippen molar-refractivity contribution in [3.8, 4) is 0 Å². The van der Waals surface area contributed by atoms with Gasteiger partial charge in [0.2, 0.25) is 0 Å². The molecule has 0 spiro atoms. The molecule has 1 rings (SSSR count). The van der Waals surface area contributed by atoms with Crippen molar-refractivity contribution in [2.24, 2.45) is 11.8 Å². The molecule has 10 heavy (non-hydrogen) atoms. The molecule has 3 atom stereocenters. The Morgan fingerprint density at radius 2 is 2.00 bits per heavy atom. The number of aliphatic hydroxyl groups is 1. The zero-order chi connectivity index (χ0) is 7.56. The first-order chi connectivity index (χ1) is 4.77. The van der Waals surface area contributed by atoms with E-state index in [1.165, 1.54) is 6.42 Å². The minimum absolute atomic E-state index is 0.0308. The number of aliphatic hydroxyl groups excluding tert-OH is 1. The lowest BCUT2D eigenvalue weighted by atomic mass is 9.92. The molecule has 1 N–H and O–H groups in total. The molecule has 1 nitrogen and oxygen atoms in total. The van der Waals surface area contributed by atoms with Gasteiger partial charge in [0.05, 0.1) is 6.10 Å². The summed E-state index contributed by atoms with van der Waals surface area (Å²) in [6.07, 6.45) is 4.17. The van der Waals surface area contributed by atoms with Crippen molar-refractivity contribution in [3.05, 3.63) is 6.92 Å². The SMILES string of the molecule is [CH2]CC1CC(O)CC1CC. The Kier molecular flexibility index (Phi) is 2.72. The molecule has 0 aliphatic heterocycles. The molecule has 0 aromatic heterocycles. The maximum atomic E-state index is 9.30. The normalized spacial score (nSPS) is 40.5. The second-order valence-corrected chi connectivity index (χ2v) is 3.34. The summed E-state index contributed by atoms with van der Waals surface area (Å²) in [5, 5.41) is 9.30. The van der Waals surface area contributed by atoms with Crippen LogP contribution in [-0.2, 0) is 0 Å². The van der Waals surface area contributed by atoms with Gasteiger partial charge >= 0.3 is 0 Å². The Morgan fingerprint density at radius 3 is 2.40 bits per heavy atom. The molecule has 0 bridgehead atoms. The van der Waals surface area contributed by atoms with E-state index in [1.807, 2.05) is 0 Å². The van der Waals surface area contributed by atoms with Crippen LogP contribution in [0.4, 0.5) is 0 Å². The van der Waals surface area contributed by atoms with E-state index in [9.17, 15) is 5.11 Å². The maximum Gasteiger partial charge on any atom is 0.0545 e. The second-order valence-electron chi connectivity index (χ2n) is 3.34. The van der Waals surface area contributed by atoms with E-state index in [2.05, 4.69) is 13.8 Å². The molecule has 1 heteroatoms. The second kappa shape index (κ2) is 3.38. The van der Waals surface area contributed by atoms with E-state index in [0.717, 1.165) is 25.2 Å². The topological polar surface area (TPSA) is 20.2 Å². The van der Waals surface area contributed by atoms with Crippen molar-refractivity contribution in [1.29, 1.82) is 0 Å².